The van der Waals surface area contributed by atoms with E-state index < -0.39 is 17.8 Å². The zero-order valence-electron chi connectivity index (χ0n) is 19.1. The molecule has 33 heavy (non-hydrogen) atoms. The van der Waals surface area contributed by atoms with E-state index in [0.29, 0.717) is 47.8 Å². The van der Waals surface area contributed by atoms with Gasteiger partial charge in [-0.05, 0) is 56.8 Å². The lowest BCUT2D eigenvalue weighted by atomic mass is 9.52. The quantitative estimate of drug-likeness (QED) is 0.514. The predicted octanol–water partition coefficient (Wildman–Crippen LogP) is 1.77. The number of aliphatic hydroxyl groups excluding tert-OH is 1. The van der Waals surface area contributed by atoms with E-state index in [2.05, 4.69) is 20.4 Å². The lowest BCUT2D eigenvalue weighted by Crippen LogP contribution is -2.61. The second-order valence-corrected chi connectivity index (χ2v) is 10.5. The molecule has 4 atom stereocenters. The number of rotatable bonds is 6. The summed E-state index contributed by atoms with van der Waals surface area (Å²) in [5.74, 6) is 3.70. The van der Waals surface area contributed by atoms with Crippen molar-refractivity contribution in [2.45, 2.75) is 62.9 Å². The van der Waals surface area contributed by atoms with Crippen LogP contribution in [0.4, 0.5) is 17.6 Å². The van der Waals surface area contributed by atoms with Crippen LogP contribution in [0.3, 0.4) is 0 Å². The van der Waals surface area contributed by atoms with Crippen LogP contribution < -0.4 is 15.0 Å². The molecular weight excluding hydrogens is 424 g/mol. The molecule has 10 heteroatoms. The Morgan fingerprint density at radius 2 is 1.94 bits per heavy atom. The molecule has 178 valence electrons. The Labute approximate surface area is 192 Å². The van der Waals surface area contributed by atoms with Gasteiger partial charge in [-0.25, -0.2) is 0 Å². The van der Waals surface area contributed by atoms with E-state index in [0.717, 1.165) is 37.8 Å². The van der Waals surface area contributed by atoms with Crippen LogP contribution in [0.2, 0.25) is 0 Å². The maximum absolute atomic E-state index is 11.0. The van der Waals surface area contributed by atoms with E-state index in [-0.39, 0.29) is 12.6 Å². The molecule has 10 nitrogen and oxygen atoms in total. The van der Waals surface area contributed by atoms with Gasteiger partial charge in [0.2, 0.25) is 11.8 Å². The summed E-state index contributed by atoms with van der Waals surface area (Å²) in [4.78, 5) is 11.7. The van der Waals surface area contributed by atoms with Crippen LogP contribution in [0, 0.1) is 24.7 Å². The molecule has 4 saturated carbocycles. The Kier molecular flexibility index (Phi) is 5.00. The smallest absolute Gasteiger partial charge is 0.230 e. The normalized spacial score (nSPS) is 36.8. The summed E-state index contributed by atoms with van der Waals surface area (Å²) in [5, 5.41) is 31.5. The molecule has 3 heterocycles. The summed E-state index contributed by atoms with van der Waals surface area (Å²) >= 11 is 0. The number of nitrogens with zero attached hydrogens (tertiary/aromatic N) is 4. The first-order chi connectivity index (χ1) is 15.8. The van der Waals surface area contributed by atoms with Crippen molar-refractivity contribution in [3.05, 3.63) is 17.8 Å². The van der Waals surface area contributed by atoms with Gasteiger partial charge in [-0.3, -0.25) is 5.10 Å². The van der Waals surface area contributed by atoms with Crippen molar-refractivity contribution < 1.29 is 19.7 Å². The van der Waals surface area contributed by atoms with Crippen molar-refractivity contribution in [1.29, 1.82) is 0 Å². The highest BCUT2D eigenvalue weighted by Crippen LogP contribution is 2.57. The van der Waals surface area contributed by atoms with Gasteiger partial charge in [-0.1, -0.05) is 0 Å². The van der Waals surface area contributed by atoms with Crippen LogP contribution in [-0.4, -0.2) is 74.5 Å². The molecule has 1 saturated heterocycles. The fourth-order valence-corrected chi connectivity index (χ4v) is 6.82. The lowest BCUT2D eigenvalue weighted by Gasteiger charge is -2.59. The van der Waals surface area contributed by atoms with Gasteiger partial charge in [-0.2, -0.15) is 15.1 Å². The number of H-pyrrole nitrogens is 1. The summed E-state index contributed by atoms with van der Waals surface area (Å²) in [7, 11) is 2.05. The summed E-state index contributed by atoms with van der Waals surface area (Å²) in [5.41, 5.74) is 0.459. The standard InChI is InChI=1S/C23H32N6O4/c1-12-3-19(28-27-12)24-18-6-20(33-17-11-32-10-16(17)30)26-22(25-18)29(2)21-14-4-13-5-15(21)9-23(31,7-13)8-14/h3,6,13-17,21,30-31H,4-5,7-11H2,1-2H3,(H2,24,25,26,27,28)/t13?,14?,15?,16-,17+,21?,23?/m1/s1. The summed E-state index contributed by atoms with van der Waals surface area (Å²) in [6, 6.07) is 3.92. The van der Waals surface area contributed by atoms with Crippen molar-refractivity contribution in [2.24, 2.45) is 17.8 Å². The molecule has 4 N–H and O–H groups in total. The number of aliphatic hydroxyl groups is 2. The molecule has 2 unspecified atom stereocenters. The molecule has 5 aliphatic rings. The SMILES string of the molecule is Cc1cc(Nc2cc(O[C@H]3COC[C@H]3O)nc(N(C)C3C4CC5CC3CC(O)(C5)C4)n2)n[nH]1. The molecule has 0 amide bonds. The Morgan fingerprint density at radius 1 is 1.15 bits per heavy atom. The van der Waals surface area contributed by atoms with Crippen molar-refractivity contribution in [2.75, 3.05) is 30.5 Å². The molecular formula is C23H32N6O4. The average molecular weight is 457 g/mol. The van der Waals surface area contributed by atoms with Crippen LogP contribution in [0.1, 0.15) is 37.8 Å². The van der Waals surface area contributed by atoms with Gasteiger partial charge < -0.3 is 29.9 Å². The number of hydrogen-bond acceptors (Lipinski definition) is 9. The number of nitrogens with one attached hydrogen (secondary N) is 2. The van der Waals surface area contributed by atoms with E-state index in [4.69, 9.17) is 19.4 Å². The topological polar surface area (TPSA) is 129 Å². The summed E-state index contributed by atoms with van der Waals surface area (Å²) < 4.78 is 11.4. The number of aromatic nitrogens is 4. The molecule has 0 spiro atoms. The van der Waals surface area contributed by atoms with Crippen molar-refractivity contribution in [3.63, 3.8) is 0 Å². The zero-order valence-corrected chi connectivity index (χ0v) is 19.1. The number of hydrogen-bond donors (Lipinski definition) is 4. The van der Waals surface area contributed by atoms with Crippen LogP contribution in [0.25, 0.3) is 0 Å². The van der Waals surface area contributed by atoms with Gasteiger partial charge in [0.05, 0.1) is 18.8 Å². The van der Waals surface area contributed by atoms with Gasteiger partial charge >= 0.3 is 0 Å². The molecule has 1 aliphatic heterocycles. The molecule has 4 aliphatic carbocycles. The largest absolute Gasteiger partial charge is 0.469 e. The molecule has 0 radical (unpaired) electrons. The first kappa shape index (κ1) is 21.1. The first-order valence-corrected chi connectivity index (χ1v) is 11.9. The van der Waals surface area contributed by atoms with Crippen LogP contribution in [-0.2, 0) is 4.74 Å². The summed E-state index contributed by atoms with van der Waals surface area (Å²) in [6.45, 7) is 2.52. The van der Waals surface area contributed by atoms with Crippen molar-refractivity contribution in [3.8, 4) is 5.88 Å². The Bertz CT molecular complexity index is 1010. The van der Waals surface area contributed by atoms with E-state index in [1.807, 2.05) is 20.0 Å². The highest BCUT2D eigenvalue weighted by Gasteiger charge is 2.56. The van der Waals surface area contributed by atoms with E-state index >= 15 is 0 Å². The molecule has 5 fully saturated rings. The van der Waals surface area contributed by atoms with E-state index in [1.54, 1.807) is 6.07 Å². The van der Waals surface area contributed by atoms with Gasteiger partial charge in [0.1, 0.15) is 11.9 Å². The minimum Gasteiger partial charge on any atom is -0.469 e. The maximum Gasteiger partial charge on any atom is 0.230 e. The number of anilines is 3. The Balaban J connectivity index is 1.30. The molecule has 7 rings (SSSR count). The summed E-state index contributed by atoms with van der Waals surface area (Å²) in [6.07, 6.45) is 3.84. The van der Waals surface area contributed by atoms with Crippen LogP contribution >= 0.6 is 0 Å². The first-order valence-electron chi connectivity index (χ1n) is 11.9. The molecule has 2 aromatic rings. The highest BCUT2D eigenvalue weighted by atomic mass is 16.6. The van der Waals surface area contributed by atoms with Crippen molar-refractivity contribution in [1.82, 2.24) is 20.2 Å². The minimum atomic E-state index is -0.684. The fourth-order valence-electron chi connectivity index (χ4n) is 6.82. The predicted molar refractivity (Wildman–Crippen MR) is 121 cm³/mol. The third-order valence-corrected chi connectivity index (χ3v) is 7.88. The van der Waals surface area contributed by atoms with Gasteiger partial charge in [0.15, 0.2) is 11.9 Å². The third-order valence-electron chi connectivity index (χ3n) is 7.88. The molecule has 0 aromatic carbocycles. The van der Waals surface area contributed by atoms with E-state index in [1.165, 1.54) is 0 Å². The number of aromatic amines is 1. The second kappa shape index (κ2) is 7.82. The minimum absolute atomic E-state index is 0.260. The monoisotopic (exact) mass is 456 g/mol. The van der Waals surface area contributed by atoms with Gasteiger partial charge in [0, 0.05) is 30.9 Å². The zero-order chi connectivity index (χ0) is 22.7. The number of aryl methyl sites for hydroxylation is 1. The van der Waals surface area contributed by atoms with Gasteiger partial charge in [0.25, 0.3) is 0 Å². The fraction of sp³-hybridized carbons (Fsp3) is 0.696. The Hall–Kier alpha value is -2.43. The highest BCUT2D eigenvalue weighted by molar-refractivity contribution is 5.55. The molecule has 2 aromatic heterocycles. The lowest BCUT2D eigenvalue weighted by molar-refractivity contribution is -0.133. The number of ether oxygens (including phenoxy) is 2. The van der Waals surface area contributed by atoms with Crippen molar-refractivity contribution >= 4 is 17.6 Å². The Morgan fingerprint density at radius 3 is 2.58 bits per heavy atom. The van der Waals surface area contributed by atoms with E-state index in [9.17, 15) is 10.2 Å². The van der Waals surface area contributed by atoms with Crippen LogP contribution in [0.15, 0.2) is 12.1 Å². The molecule has 4 bridgehead atoms. The van der Waals surface area contributed by atoms with Crippen LogP contribution in [0.5, 0.6) is 5.88 Å². The third kappa shape index (κ3) is 3.94. The second-order valence-electron chi connectivity index (χ2n) is 10.5. The maximum atomic E-state index is 11.0. The van der Waals surface area contributed by atoms with Gasteiger partial charge in [-0.15, -0.1) is 0 Å². The average Bonchev–Trinajstić information content (AvgIpc) is 3.34.